The molecule has 1 aromatic heterocycles. The molecule has 130 valence electrons. The molecule has 2 aromatic rings. The zero-order valence-electron chi connectivity index (χ0n) is 15.0. The van der Waals surface area contributed by atoms with Crippen molar-refractivity contribution in [2.75, 3.05) is 19.6 Å². The lowest BCUT2D eigenvalue weighted by atomic mass is 9.75. The summed E-state index contributed by atoms with van der Waals surface area (Å²) in [5, 5.41) is 0. The van der Waals surface area contributed by atoms with Crippen LogP contribution in [0, 0.1) is 12.8 Å². The third-order valence-corrected chi connectivity index (χ3v) is 6.73. The molecule has 0 aliphatic carbocycles. The molecule has 0 unspecified atom stereocenters. The van der Waals surface area contributed by atoms with Gasteiger partial charge >= 0.3 is 0 Å². The maximum absolute atomic E-state index is 4.18. The summed E-state index contributed by atoms with van der Waals surface area (Å²) in [7, 11) is 0. The van der Waals surface area contributed by atoms with E-state index in [1.807, 2.05) is 12.4 Å². The predicted octanol–water partition coefficient (Wildman–Crippen LogP) is 3.45. The Morgan fingerprint density at radius 1 is 0.960 bits per heavy atom. The Morgan fingerprint density at radius 3 is 2.40 bits per heavy atom. The second kappa shape index (κ2) is 6.22. The van der Waals surface area contributed by atoms with Crippen LogP contribution in [0.1, 0.15) is 35.4 Å². The number of rotatable bonds is 3. The molecule has 0 radical (unpaired) electrons. The number of fused-ring (bicyclic) bond motifs is 2. The van der Waals surface area contributed by atoms with Crippen LogP contribution in [0.2, 0.25) is 0 Å². The van der Waals surface area contributed by atoms with Crippen molar-refractivity contribution in [3.05, 3.63) is 65.5 Å². The number of likely N-dealkylation sites (tertiary alicyclic amines) is 1. The molecule has 0 amide bonds. The third kappa shape index (κ3) is 2.70. The number of benzene rings is 1. The molecule has 2 bridgehead atoms. The van der Waals surface area contributed by atoms with Gasteiger partial charge in [-0.15, -0.1) is 0 Å². The lowest BCUT2D eigenvalue weighted by molar-refractivity contribution is -0.00869. The first-order valence-electron chi connectivity index (χ1n) is 9.73. The van der Waals surface area contributed by atoms with Crippen LogP contribution in [-0.2, 0) is 6.54 Å². The summed E-state index contributed by atoms with van der Waals surface area (Å²) in [6.45, 7) is 7.04. The SMILES string of the molecule is Cc1ccc([C@H]2CN(Cc3ccncc3)[C@@H]3C4CCN(CC4)[C@H]23)cc1. The minimum Gasteiger partial charge on any atom is -0.298 e. The molecule has 0 spiro atoms. The Kier molecular flexibility index (Phi) is 3.87. The molecule has 6 rings (SSSR count). The molecule has 3 heteroatoms. The fourth-order valence-electron chi connectivity index (χ4n) is 5.55. The van der Waals surface area contributed by atoms with Crippen molar-refractivity contribution in [3.8, 4) is 0 Å². The summed E-state index contributed by atoms with van der Waals surface area (Å²) < 4.78 is 0. The molecule has 4 aliphatic heterocycles. The third-order valence-electron chi connectivity index (χ3n) is 6.73. The largest absolute Gasteiger partial charge is 0.298 e. The van der Waals surface area contributed by atoms with E-state index in [1.165, 1.54) is 49.2 Å². The van der Waals surface area contributed by atoms with Crippen LogP contribution in [0.25, 0.3) is 0 Å². The molecule has 5 heterocycles. The standard InChI is InChI=1S/C22H27N3/c1-16-2-4-18(5-3-16)20-15-25(14-17-6-10-23-11-7-17)21-19-8-12-24(13-9-19)22(20)21/h2-7,10-11,19-22H,8-9,12-15H2,1H3/t20-,21-,22-/m1/s1. The highest BCUT2D eigenvalue weighted by atomic mass is 15.3. The van der Waals surface area contributed by atoms with Gasteiger partial charge < -0.3 is 0 Å². The summed E-state index contributed by atoms with van der Waals surface area (Å²) >= 11 is 0. The van der Waals surface area contributed by atoms with Crippen LogP contribution < -0.4 is 0 Å². The van der Waals surface area contributed by atoms with Gasteiger partial charge in [-0.25, -0.2) is 0 Å². The maximum Gasteiger partial charge on any atom is 0.0335 e. The van der Waals surface area contributed by atoms with E-state index in [9.17, 15) is 0 Å². The second-order valence-corrected chi connectivity index (χ2v) is 8.16. The van der Waals surface area contributed by atoms with Crippen LogP contribution in [0.4, 0.5) is 0 Å². The average molecular weight is 333 g/mol. The first-order valence-corrected chi connectivity index (χ1v) is 9.73. The maximum atomic E-state index is 4.18. The van der Waals surface area contributed by atoms with E-state index < -0.39 is 0 Å². The number of piperidine rings is 3. The van der Waals surface area contributed by atoms with Gasteiger partial charge in [-0.1, -0.05) is 29.8 Å². The fourth-order valence-corrected chi connectivity index (χ4v) is 5.55. The molecule has 4 aliphatic rings. The monoisotopic (exact) mass is 333 g/mol. The highest BCUT2D eigenvalue weighted by Gasteiger charge is 2.52. The van der Waals surface area contributed by atoms with Crippen molar-refractivity contribution in [1.29, 1.82) is 0 Å². The van der Waals surface area contributed by atoms with E-state index in [0.717, 1.165) is 18.5 Å². The predicted molar refractivity (Wildman–Crippen MR) is 100 cm³/mol. The van der Waals surface area contributed by atoms with Crippen molar-refractivity contribution in [2.45, 2.75) is 44.3 Å². The zero-order chi connectivity index (χ0) is 16.8. The van der Waals surface area contributed by atoms with E-state index in [4.69, 9.17) is 0 Å². The molecule has 3 nitrogen and oxygen atoms in total. The first kappa shape index (κ1) is 15.5. The van der Waals surface area contributed by atoms with Gasteiger partial charge in [-0.05, 0) is 62.0 Å². The topological polar surface area (TPSA) is 19.4 Å². The quantitative estimate of drug-likeness (QED) is 0.857. The van der Waals surface area contributed by atoms with E-state index in [0.29, 0.717) is 12.0 Å². The Balaban J connectivity index is 1.47. The smallest absolute Gasteiger partial charge is 0.0335 e. The van der Waals surface area contributed by atoms with Gasteiger partial charge in [0.1, 0.15) is 0 Å². The van der Waals surface area contributed by atoms with Gasteiger partial charge in [0.25, 0.3) is 0 Å². The summed E-state index contributed by atoms with van der Waals surface area (Å²) in [6, 6.07) is 15.1. The van der Waals surface area contributed by atoms with E-state index >= 15 is 0 Å². The molecule has 1 aromatic carbocycles. The lowest BCUT2D eigenvalue weighted by Gasteiger charge is -2.51. The Bertz CT molecular complexity index is 719. The Morgan fingerprint density at radius 2 is 1.68 bits per heavy atom. The molecular weight excluding hydrogens is 306 g/mol. The molecule has 4 saturated heterocycles. The van der Waals surface area contributed by atoms with Gasteiger partial charge in [-0.2, -0.15) is 0 Å². The van der Waals surface area contributed by atoms with Crippen molar-refractivity contribution in [1.82, 2.24) is 14.8 Å². The van der Waals surface area contributed by atoms with Crippen molar-refractivity contribution >= 4 is 0 Å². The first-order chi connectivity index (χ1) is 12.3. The highest BCUT2D eigenvalue weighted by Crippen LogP contribution is 2.46. The van der Waals surface area contributed by atoms with Crippen LogP contribution in [0.5, 0.6) is 0 Å². The number of aryl methyl sites for hydroxylation is 1. The van der Waals surface area contributed by atoms with Crippen molar-refractivity contribution < 1.29 is 0 Å². The summed E-state index contributed by atoms with van der Waals surface area (Å²) in [4.78, 5) is 9.76. The van der Waals surface area contributed by atoms with Gasteiger partial charge in [-0.3, -0.25) is 14.8 Å². The second-order valence-electron chi connectivity index (χ2n) is 8.16. The van der Waals surface area contributed by atoms with Crippen LogP contribution in [0.15, 0.2) is 48.8 Å². The van der Waals surface area contributed by atoms with E-state index in [2.05, 4.69) is 58.1 Å². The number of hydrogen-bond acceptors (Lipinski definition) is 3. The van der Waals surface area contributed by atoms with Crippen LogP contribution in [-0.4, -0.2) is 46.5 Å². The highest BCUT2D eigenvalue weighted by molar-refractivity contribution is 5.30. The summed E-state index contributed by atoms with van der Waals surface area (Å²) in [5.41, 5.74) is 4.29. The normalized spacial score (nSPS) is 34.2. The van der Waals surface area contributed by atoms with Crippen molar-refractivity contribution in [3.63, 3.8) is 0 Å². The fraction of sp³-hybridized carbons (Fsp3) is 0.500. The van der Waals surface area contributed by atoms with Crippen molar-refractivity contribution in [2.24, 2.45) is 5.92 Å². The molecule has 3 atom stereocenters. The molecule has 0 saturated carbocycles. The summed E-state index contributed by atoms with van der Waals surface area (Å²) in [5.74, 6) is 1.53. The molecular formula is C22H27N3. The van der Waals surface area contributed by atoms with Gasteiger partial charge in [0.15, 0.2) is 0 Å². The summed E-state index contributed by atoms with van der Waals surface area (Å²) in [6.07, 6.45) is 6.62. The van der Waals surface area contributed by atoms with E-state index in [1.54, 1.807) is 0 Å². The minimum atomic E-state index is 0.649. The average Bonchev–Trinajstić information content (AvgIpc) is 3.06. The lowest BCUT2D eigenvalue weighted by Crippen LogP contribution is -2.59. The Hall–Kier alpha value is -1.71. The molecule has 4 fully saturated rings. The van der Waals surface area contributed by atoms with Gasteiger partial charge in [0, 0.05) is 43.5 Å². The van der Waals surface area contributed by atoms with Crippen LogP contribution in [0.3, 0.4) is 0 Å². The minimum absolute atomic E-state index is 0.649. The number of aromatic nitrogens is 1. The van der Waals surface area contributed by atoms with Gasteiger partial charge in [0.05, 0.1) is 0 Å². The molecule has 0 N–H and O–H groups in total. The number of pyridine rings is 1. The Labute approximate surface area is 150 Å². The van der Waals surface area contributed by atoms with E-state index in [-0.39, 0.29) is 0 Å². The van der Waals surface area contributed by atoms with Gasteiger partial charge in [0.2, 0.25) is 0 Å². The van der Waals surface area contributed by atoms with Crippen LogP contribution >= 0.6 is 0 Å². The molecule has 25 heavy (non-hydrogen) atoms. The zero-order valence-corrected chi connectivity index (χ0v) is 15.0. The number of nitrogens with zero attached hydrogens (tertiary/aromatic N) is 3. The number of hydrogen-bond donors (Lipinski definition) is 0.